The van der Waals surface area contributed by atoms with E-state index in [2.05, 4.69) is 20.4 Å². The molecule has 7 heteroatoms. The molecule has 0 bridgehead atoms. The van der Waals surface area contributed by atoms with Gasteiger partial charge >= 0.3 is 11.9 Å². The molecule has 0 aliphatic rings. The summed E-state index contributed by atoms with van der Waals surface area (Å²) in [6.45, 7) is 10.8. The summed E-state index contributed by atoms with van der Waals surface area (Å²) in [6.07, 6.45) is 6.46. The summed E-state index contributed by atoms with van der Waals surface area (Å²) >= 11 is 0. The van der Waals surface area contributed by atoms with Crippen molar-refractivity contribution in [3.05, 3.63) is 42.0 Å². The Bertz CT molecular complexity index is 803. The van der Waals surface area contributed by atoms with Crippen LogP contribution in [-0.2, 0) is 14.3 Å². The second-order valence-corrected chi connectivity index (χ2v) is 9.66. The lowest BCUT2D eigenvalue weighted by molar-refractivity contribution is -0.144. The molecule has 0 aliphatic carbocycles. The Morgan fingerprint density at radius 1 is 0.971 bits per heavy atom. The zero-order chi connectivity index (χ0) is 25.7. The molecule has 1 aromatic rings. The Hall–Kier alpha value is -2.67. The smallest absolute Gasteiger partial charge is 0.334 e. The lowest BCUT2D eigenvalue weighted by Gasteiger charge is -2.20. The molecule has 0 saturated carbocycles. The zero-order valence-corrected chi connectivity index (χ0v) is 21.0. The predicted octanol–water partition coefficient (Wildman–Crippen LogP) is 5.35. The van der Waals surface area contributed by atoms with Crippen molar-refractivity contribution in [1.29, 1.82) is 0 Å². The number of rotatable bonds is 17. The van der Waals surface area contributed by atoms with Gasteiger partial charge in [-0.25, -0.2) is 4.79 Å². The second-order valence-electron chi connectivity index (χ2n) is 9.66. The first-order valence-corrected chi connectivity index (χ1v) is 12.0. The van der Waals surface area contributed by atoms with Crippen LogP contribution in [-0.4, -0.2) is 46.2 Å². The van der Waals surface area contributed by atoms with Crippen LogP contribution in [0.3, 0.4) is 0 Å². The van der Waals surface area contributed by atoms with Crippen LogP contribution >= 0.6 is 0 Å². The van der Waals surface area contributed by atoms with Gasteiger partial charge in [0.25, 0.3) is 0 Å². The van der Waals surface area contributed by atoms with Crippen molar-refractivity contribution in [3.63, 3.8) is 0 Å². The zero-order valence-electron chi connectivity index (χ0n) is 21.0. The molecule has 0 saturated heterocycles. The molecular weight excluding hydrogens is 436 g/mol. The molecule has 0 fully saturated rings. The van der Waals surface area contributed by atoms with E-state index in [1.54, 1.807) is 24.3 Å². The molecule has 1 unspecified atom stereocenters. The highest BCUT2D eigenvalue weighted by Gasteiger charge is 2.25. The summed E-state index contributed by atoms with van der Waals surface area (Å²) in [4.78, 5) is 35.0. The van der Waals surface area contributed by atoms with Gasteiger partial charge in [-0.3, -0.25) is 9.59 Å². The topological polar surface area (TPSA) is 110 Å². The summed E-state index contributed by atoms with van der Waals surface area (Å²) in [5.41, 5.74) is -1.22. The van der Waals surface area contributed by atoms with E-state index in [4.69, 9.17) is 14.6 Å². The van der Waals surface area contributed by atoms with Gasteiger partial charge in [0.05, 0.1) is 6.42 Å². The molecule has 0 spiro atoms. The van der Waals surface area contributed by atoms with Crippen molar-refractivity contribution in [2.45, 2.75) is 90.8 Å². The van der Waals surface area contributed by atoms with Crippen LogP contribution in [0.15, 0.2) is 36.4 Å². The monoisotopic (exact) mass is 476 g/mol. The number of hydrogen-bond donors (Lipinski definition) is 2. The maximum atomic E-state index is 12.2. The van der Waals surface area contributed by atoms with Gasteiger partial charge in [-0.05, 0) is 56.9 Å². The lowest BCUT2D eigenvalue weighted by atomic mass is 9.97. The van der Waals surface area contributed by atoms with Crippen molar-refractivity contribution < 1.29 is 34.1 Å². The first-order chi connectivity index (χ1) is 15.9. The van der Waals surface area contributed by atoms with Gasteiger partial charge in [-0.1, -0.05) is 52.5 Å². The number of benzene rings is 1. The van der Waals surface area contributed by atoms with E-state index in [9.17, 15) is 19.5 Å². The van der Waals surface area contributed by atoms with Crippen molar-refractivity contribution in [1.82, 2.24) is 0 Å². The first-order valence-electron chi connectivity index (χ1n) is 12.0. The minimum atomic E-state index is -1.47. The number of hydrogen-bond acceptors (Lipinski definition) is 6. The number of unbranched alkanes of at least 4 members (excludes halogenated alkanes) is 4. The number of esters is 1. The number of ketones is 1. The normalized spacial score (nSPS) is 12.3. The van der Waals surface area contributed by atoms with E-state index in [-0.39, 0.29) is 18.0 Å². The van der Waals surface area contributed by atoms with E-state index in [0.717, 1.165) is 19.3 Å². The highest BCUT2D eigenvalue weighted by Crippen LogP contribution is 2.20. The SMILES string of the molecule is C=C(CC(=O)O)C(=O)OCC(CCCCCCCC(C)C)Oc1ccc(C(=O)C(C)(C)O)cc1. The molecule has 2 N–H and O–H groups in total. The quantitative estimate of drug-likeness (QED) is 0.135. The second kappa shape index (κ2) is 14.6. The van der Waals surface area contributed by atoms with Gasteiger partial charge in [0.2, 0.25) is 0 Å². The van der Waals surface area contributed by atoms with Crippen molar-refractivity contribution in [2.75, 3.05) is 6.61 Å². The lowest BCUT2D eigenvalue weighted by Crippen LogP contribution is -2.31. The fraction of sp³-hybridized carbons (Fsp3) is 0.593. The average molecular weight is 477 g/mol. The number of aliphatic hydroxyl groups is 1. The van der Waals surface area contributed by atoms with Crippen molar-refractivity contribution >= 4 is 17.7 Å². The van der Waals surface area contributed by atoms with Gasteiger partial charge in [0.1, 0.15) is 24.1 Å². The highest BCUT2D eigenvalue weighted by molar-refractivity contribution is 6.01. The summed E-state index contributed by atoms with van der Waals surface area (Å²) in [5, 5.41) is 18.7. The largest absolute Gasteiger partial charge is 0.487 e. The Morgan fingerprint density at radius 3 is 2.06 bits per heavy atom. The van der Waals surface area contributed by atoms with Gasteiger partial charge in [-0.2, -0.15) is 0 Å². The Morgan fingerprint density at radius 2 is 1.53 bits per heavy atom. The molecule has 1 rings (SSSR count). The molecule has 0 amide bonds. The minimum absolute atomic E-state index is 0.0326. The Balaban J connectivity index is 2.69. The Labute approximate surface area is 203 Å². The summed E-state index contributed by atoms with van der Waals surface area (Å²) < 4.78 is 11.3. The standard InChI is InChI=1S/C27H40O7/c1-19(2)11-9-7-6-8-10-12-23(18-33-26(31)20(3)17-24(28)29)34-22-15-13-21(14-16-22)25(30)27(4,5)32/h13-16,19,23,32H,3,6-12,17-18H2,1-2,4-5H3,(H,28,29). The number of carbonyl (C=O) groups excluding carboxylic acids is 2. The van der Waals surface area contributed by atoms with E-state index in [1.807, 2.05) is 0 Å². The highest BCUT2D eigenvalue weighted by atomic mass is 16.6. The van der Waals surface area contributed by atoms with E-state index < -0.39 is 30.1 Å². The van der Waals surface area contributed by atoms with Crippen LogP contribution in [0.1, 0.15) is 89.4 Å². The molecule has 7 nitrogen and oxygen atoms in total. The summed E-state index contributed by atoms with van der Waals surface area (Å²) in [6, 6.07) is 6.45. The van der Waals surface area contributed by atoms with Gasteiger partial charge in [0, 0.05) is 11.1 Å². The summed E-state index contributed by atoms with van der Waals surface area (Å²) in [5.74, 6) is -1.06. The number of carbonyl (C=O) groups is 3. The molecule has 190 valence electrons. The fourth-order valence-electron chi connectivity index (χ4n) is 3.39. The van der Waals surface area contributed by atoms with E-state index in [1.165, 1.54) is 33.1 Å². The molecule has 0 aliphatic heterocycles. The van der Waals surface area contributed by atoms with E-state index in [0.29, 0.717) is 23.7 Å². The number of Topliss-reactive ketones (excluding diaryl/α,β-unsaturated/α-hetero) is 1. The van der Waals surface area contributed by atoms with Crippen molar-refractivity contribution in [2.24, 2.45) is 5.92 Å². The molecule has 1 atom stereocenters. The third kappa shape index (κ3) is 12.0. The van der Waals surface area contributed by atoms with Crippen LogP contribution in [0.2, 0.25) is 0 Å². The van der Waals surface area contributed by atoms with Gasteiger partial charge in [0.15, 0.2) is 5.78 Å². The van der Waals surface area contributed by atoms with Gasteiger partial charge in [-0.15, -0.1) is 0 Å². The minimum Gasteiger partial charge on any atom is -0.487 e. The first kappa shape index (κ1) is 29.4. The Kier molecular flexibility index (Phi) is 12.6. The fourth-order valence-corrected chi connectivity index (χ4v) is 3.39. The van der Waals surface area contributed by atoms with Crippen LogP contribution < -0.4 is 4.74 Å². The number of ether oxygens (including phenoxy) is 2. The molecule has 34 heavy (non-hydrogen) atoms. The summed E-state index contributed by atoms with van der Waals surface area (Å²) in [7, 11) is 0. The van der Waals surface area contributed by atoms with Crippen LogP contribution in [0.5, 0.6) is 5.75 Å². The number of carboxylic acid groups (broad SMARTS) is 1. The average Bonchev–Trinajstić information content (AvgIpc) is 2.75. The number of aliphatic carboxylic acids is 1. The van der Waals surface area contributed by atoms with Crippen molar-refractivity contribution in [3.8, 4) is 5.75 Å². The third-order valence-corrected chi connectivity index (χ3v) is 5.34. The molecule has 0 heterocycles. The van der Waals surface area contributed by atoms with Gasteiger partial charge < -0.3 is 19.7 Å². The molecule has 0 aromatic heterocycles. The third-order valence-electron chi connectivity index (χ3n) is 5.34. The van der Waals surface area contributed by atoms with E-state index >= 15 is 0 Å². The predicted molar refractivity (Wildman–Crippen MR) is 131 cm³/mol. The maximum absolute atomic E-state index is 12.2. The van der Waals surface area contributed by atoms with Crippen LogP contribution in [0.4, 0.5) is 0 Å². The van der Waals surface area contributed by atoms with Crippen LogP contribution in [0, 0.1) is 5.92 Å². The molecular formula is C27H40O7. The maximum Gasteiger partial charge on any atom is 0.334 e. The molecule has 1 aromatic carbocycles. The molecule has 0 radical (unpaired) electrons. The number of carboxylic acids is 1. The van der Waals surface area contributed by atoms with Crippen LogP contribution in [0.25, 0.3) is 0 Å².